The second-order valence-electron chi connectivity index (χ2n) is 7.27. The highest BCUT2D eigenvalue weighted by molar-refractivity contribution is 5.92. The van der Waals surface area contributed by atoms with Crippen molar-refractivity contribution in [1.82, 2.24) is 0 Å². The molecule has 0 bridgehead atoms. The van der Waals surface area contributed by atoms with Crippen molar-refractivity contribution in [1.29, 1.82) is 0 Å². The van der Waals surface area contributed by atoms with Gasteiger partial charge in [-0.15, -0.1) is 0 Å². The standard InChI is InChI=1S/C18H27NO/c1-13-5-11-16(12-6-13)19-17(20)14-7-9-15(10-8-14)18(2,3)4/h5-6,11-12,14-15H,7-10H2,1-4H3,(H,19,20). The van der Waals surface area contributed by atoms with Gasteiger partial charge in [0, 0.05) is 11.6 Å². The van der Waals surface area contributed by atoms with Crippen molar-refractivity contribution in [2.45, 2.75) is 53.4 Å². The molecule has 0 aliphatic heterocycles. The third-order valence-corrected chi connectivity index (χ3v) is 4.64. The normalized spacial score (nSPS) is 23.4. The predicted octanol–water partition coefficient (Wildman–Crippen LogP) is 4.79. The predicted molar refractivity (Wildman–Crippen MR) is 84.7 cm³/mol. The minimum atomic E-state index is 0.190. The average Bonchev–Trinajstić information content (AvgIpc) is 2.40. The van der Waals surface area contributed by atoms with Gasteiger partial charge in [0.05, 0.1) is 0 Å². The van der Waals surface area contributed by atoms with E-state index in [1.807, 2.05) is 24.3 Å². The summed E-state index contributed by atoms with van der Waals surface area (Å²) < 4.78 is 0. The Morgan fingerprint density at radius 2 is 1.60 bits per heavy atom. The van der Waals surface area contributed by atoms with Gasteiger partial charge in [0.2, 0.25) is 5.91 Å². The summed E-state index contributed by atoms with van der Waals surface area (Å²) in [6, 6.07) is 8.03. The van der Waals surface area contributed by atoms with Gasteiger partial charge in [-0.25, -0.2) is 0 Å². The fourth-order valence-corrected chi connectivity index (χ4v) is 3.10. The Labute approximate surface area is 123 Å². The monoisotopic (exact) mass is 273 g/mol. The van der Waals surface area contributed by atoms with Gasteiger partial charge in [0.1, 0.15) is 0 Å². The molecule has 0 radical (unpaired) electrons. The highest BCUT2D eigenvalue weighted by Gasteiger charge is 2.32. The molecule has 2 rings (SSSR count). The van der Waals surface area contributed by atoms with Gasteiger partial charge in [0.15, 0.2) is 0 Å². The van der Waals surface area contributed by atoms with Crippen molar-refractivity contribution in [3.05, 3.63) is 29.8 Å². The lowest BCUT2D eigenvalue weighted by Gasteiger charge is -2.36. The topological polar surface area (TPSA) is 29.1 Å². The Bertz CT molecular complexity index is 447. The molecule has 0 heterocycles. The van der Waals surface area contributed by atoms with E-state index in [9.17, 15) is 4.79 Å². The summed E-state index contributed by atoms with van der Waals surface area (Å²) in [7, 11) is 0. The molecule has 1 aromatic rings. The van der Waals surface area contributed by atoms with E-state index in [2.05, 4.69) is 33.0 Å². The molecule has 1 aliphatic carbocycles. The molecule has 2 heteroatoms. The lowest BCUT2D eigenvalue weighted by atomic mass is 9.69. The average molecular weight is 273 g/mol. The van der Waals surface area contributed by atoms with Crippen LogP contribution in [0.5, 0.6) is 0 Å². The maximum Gasteiger partial charge on any atom is 0.227 e. The first-order valence-electron chi connectivity index (χ1n) is 7.74. The van der Waals surface area contributed by atoms with Crippen molar-refractivity contribution < 1.29 is 4.79 Å². The summed E-state index contributed by atoms with van der Waals surface area (Å²) in [5, 5.41) is 3.05. The number of hydrogen-bond donors (Lipinski definition) is 1. The van der Waals surface area contributed by atoms with Crippen LogP contribution < -0.4 is 5.32 Å². The van der Waals surface area contributed by atoms with E-state index < -0.39 is 0 Å². The maximum atomic E-state index is 12.3. The van der Waals surface area contributed by atoms with Crippen LogP contribution >= 0.6 is 0 Å². The molecule has 110 valence electrons. The SMILES string of the molecule is Cc1ccc(NC(=O)C2CCC(C(C)(C)C)CC2)cc1. The van der Waals surface area contributed by atoms with Crippen LogP contribution in [-0.2, 0) is 4.79 Å². The number of carbonyl (C=O) groups is 1. The minimum Gasteiger partial charge on any atom is -0.326 e. The van der Waals surface area contributed by atoms with Crippen LogP contribution in [0, 0.1) is 24.2 Å². The largest absolute Gasteiger partial charge is 0.326 e. The fourth-order valence-electron chi connectivity index (χ4n) is 3.10. The van der Waals surface area contributed by atoms with Crippen molar-refractivity contribution in [2.75, 3.05) is 5.32 Å². The highest BCUT2D eigenvalue weighted by Crippen LogP contribution is 2.40. The molecule has 0 unspecified atom stereocenters. The molecule has 1 N–H and O–H groups in total. The molecular weight excluding hydrogens is 246 g/mol. The molecule has 1 aromatic carbocycles. The van der Waals surface area contributed by atoms with Crippen molar-refractivity contribution in [3.8, 4) is 0 Å². The van der Waals surface area contributed by atoms with Crippen LogP contribution in [0.4, 0.5) is 5.69 Å². The fraction of sp³-hybridized carbons (Fsp3) is 0.611. The number of carbonyl (C=O) groups excluding carboxylic acids is 1. The van der Waals surface area contributed by atoms with Crippen LogP contribution in [-0.4, -0.2) is 5.91 Å². The Morgan fingerprint density at radius 3 is 2.10 bits per heavy atom. The van der Waals surface area contributed by atoms with E-state index in [1.54, 1.807) is 0 Å². The van der Waals surface area contributed by atoms with E-state index in [4.69, 9.17) is 0 Å². The Hall–Kier alpha value is -1.31. The summed E-state index contributed by atoms with van der Waals surface area (Å²) in [6.07, 6.45) is 4.41. The first-order valence-corrected chi connectivity index (χ1v) is 7.74. The van der Waals surface area contributed by atoms with E-state index in [0.29, 0.717) is 5.41 Å². The summed E-state index contributed by atoms with van der Waals surface area (Å²) in [5.74, 6) is 1.14. The van der Waals surface area contributed by atoms with E-state index in [-0.39, 0.29) is 11.8 Å². The number of hydrogen-bond acceptors (Lipinski definition) is 1. The molecule has 1 amide bonds. The second kappa shape index (κ2) is 5.99. The zero-order chi connectivity index (χ0) is 14.8. The van der Waals surface area contributed by atoms with Gasteiger partial charge < -0.3 is 5.32 Å². The van der Waals surface area contributed by atoms with E-state index in [0.717, 1.165) is 24.4 Å². The Morgan fingerprint density at radius 1 is 1.05 bits per heavy atom. The van der Waals surface area contributed by atoms with Crippen molar-refractivity contribution in [2.24, 2.45) is 17.3 Å². The molecule has 1 aliphatic rings. The summed E-state index contributed by atoms with van der Waals surface area (Å²) >= 11 is 0. The molecule has 2 nitrogen and oxygen atoms in total. The minimum absolute atomic E-state index is 0.190. The summed E-state index contributed by atoms with van der Waals surface area (Å²) in [4.78, 5) is 12.3. The summed E-state index contributed by atoms with van der Waals surface area (Å²) in [5.41, 5.74) is 2.51. The first-order chi connectivity index (χ1) is 9.36. The number of nitrogens with one attached hydrogen (secondary N) is 1. The third kappa shape index (κ3) is 3.84. The second-order valence-corrected chi connectivity index (χ2v) is 7.27. The van der Waals surface area contributed by atoms with E-state index in [1.165, 1.54) is 18.4 Å². The zero-order valence-electron chi connectivity index (χ0n) is 13.2. The third-order valence-electron chi connectivity index (χ3n) is 4.64. The molecule has 1 saturated carbocycles. The molecule has 1 fully saturated rings. The van der Waals surface area contributed by atoms with Crippen LogP contribution in [0.15, 0.2) is 24.3 Å². The number of benzene rings is 1. The smallest absolute Gasteiger partial charge is 0.227 e. The Kier molecular flexibility index (Phi) is 4.52. The van der Waals surface area contributed by atoms with Crippen molar-refractivity contribution >= 4 is 11.6 Å². The van der Waals surface area contributed by atoms with E-state index >= 15 is 0 Å². The molecule has 20 heavy (non-hydrogen) atoms. The van der Waals surface area contributed by atoms with Crippen LogP contribution in [0.2, 0.25) is 0 Å². The zero-order valence-corrected chi connectivity index (χ0v) is 13.2. The number of aryl methyl sites for hydroxylation is 1. The molecule has 0 spiro atoms. The Balaban J connectivity index is 1.87. The first kappa shape index (κ1) is 15.1. The van der Waals surface area contributed by atoms with Gasteiger partial charge in [-0.2, -0.15) is 0 Å². The molecule has 0 aromatic heterocycles. The summed E-state index contributed by atoms with van der Waals surface area (Å²) in [6.45, 7) is 8.98. The van der Waals surface area contributed by atoms with Gasteiger partial charge in [-0.3, -0.25) is 4.79 Å². The lowest BCUT2D eigenvalue weighted by Crippen LogP contribution is -2.31. The molecular formula is C18H27NO. The quantitative estimate of drug-likeness (QED) is 0.825. The van der Waals surface area contributed by atoms with Gasteiger partial charge in [-0.05, 0) is 56.1 Å². The highest BCUT2D eigenvalue weighted by atomic mass is 16.1. The molecule has 0 saturated heterocycles. The number of amides is 1. The van der Waals surface area contributed by atoms with Crippen LogP contribution in [0.3, 0.4) is 0 Å². The lowest BCUT2D eigenvalue weighted by molar-refractivity contribution is -0.121. The van der Waals surface area contributed by atoms with Crippen molar-refractivity contribution in [3.63, 3.8) is 0 Å². The van der Waals surface area contributed by atoms with Gasteiger partial charge >= 0.3 is 0 Å². The van der Waals surface area contributed by atoms with Gasteiger partial charge in [-0.1, -0.05) is 38.5 Å². The number of anilines is 1. The molecule has 0 atom stereocenters. The maximum absolute atomic E-state index is 12.3. The van der Waals surface area contributed by atoms with Crippen LogP contribution in [0.1, 0.15) is 52.0 Å². The number of rotatable bonds is 2. The van der Waals surface area contributed by atoms with Crippen LogP contribution in [0.25, 0.3) is 0 Å². The van der Waals surface area contributed by atoms with Gasteiger partial charge in [0.25, 0.3) is 0 Å².